The molecule has 0 fully saturated rings. The van der Waals surface area contributed by atoms with Gasteiger partial charge in [-0.3, -0.25) is 4.79 Å². The first-order valence-electron chi connectivity index (χ1n) is 8.02. The van der Waals surface area contributed by atoms with Crippen molar-refractivity contribution >= 4 is 17.6 Å². The Morgan fingerprint density at radius 1 is 1.24 bits per heavy atom. The van der Waals surface area contributed by atoms with Gasteiger partial charge in [-0.05, 0) is 18.2 Å². The first-order chi connectivity index (χ1) is 12.2. The summed E-state index contributed by atoms with van der Waals surface area (Å²) in [6.07, 6.45) is 5.01. The van der Waals surface area contributed by atoms with Crippen molar-refractivity contribution in [3.05, 3.63) is 60.4 Å². The number of methoxy groups -OCH3 is 1. The number of hydrogen-bond acceptors (Lipinski definition) is 4. The summed E-state index contributed by atoms with van der Waals surface area (Å²) in [6.45, 7) is 1.04. The SMILES string of the molecule is COCCN(C)C(=O)/C=C/c1c(-c2ccccc2)nc2cccnn12. The van der Waals surface area contributed by atoms with Crippen molar-refractivity contribution in [3.8, 4) is 11.3 Å². The molecule has 3 aromatic rings. The summed E-state index contributed by atoms with van der Waals surface area (Å²) in [4.78, 5) is 18.5. The molecule has 2 heterocycles. The Morgan fingerprint density at radius 2 is 2.04 bits per heavy atom. The Morgan fingerprint density at radius 3 is 2.80 bits per heavy atom. The molecule has 0 saturated carbocycles. The van der Waals surface area contributed by atoms with Crippen LogP contribution in [0.1, 0.15) is 5.69 Å². The van der Waals surface area contributed by atoms with Gasteiger partial charge in [0.1, 0.15) is 0 Å². The van der Waals surface area contributed by atoms with Crippen molar-refractivity contribution in [3.63, 3.8) is 0 Å². The van der Waals surface area contributed by atoms with Crippen LogP contribution in [0.15, 0.2) is 54.7 Å². The van der Waals surface area contributed by atoms with E-state index in [0.717, 1.165) is 22.6 Å². The lowest BCUT2D eigenvalue weighted by atomic mass is 10.1. The maximum absolute atomic E-state index is 12.3. The second kappa shape index (κ2) is 7.72. The van der Waals surface area contributed by atoms with Crippen LogP contribution < -0.4 is 0 Å². The molecule has 1 aromatic carbocycles. The highest BCUT2D eigenvalue weighted by atomic mass is 16.5. The van der Waals surface area contributed by atoms with E-state index in [9.17, 15) is 4.79 Å². The van der Waals surface area contributed by atoms with Gasteiger partial charge < -0.3 is 9.64 Å². The van der Waals surface area contributed by atoms with Crippen LogP contribution in [0.25, 0.3) is 23.0 Å². The standard InChI is InChI=1S/C19H20N4O2/c1-22(13-14-25-2)18(24)11-10-16-19(15-7-4-3-5-8-15)21-17-9-6-12-20-23(16)17/h3-12H,13-14H2,1-2H3/b11-10+. The number of hydrogen-bond donors (Lipinski definition) is 0. The van der Waals surface area contributed by atoms with Gasteiger partial charge in [0, 0.05) is 38.5 Å². The smallest absolute Gasteiger partial charge is 0.246 e. The summed E-state index contributed by atoms with van der Waals surface area (Å²) in [6, 6.07) is 13.6. The monoisotopic (exact) mass is 336 g/mol. The highest BCUT2D eigenvalue weighted by Crippen LogP contribution is 2.24. The van der Waals surface area contributed by atoms with E-state index in [-0.39, 0.29) is 5.91 Å². The fraction of sp³-hybridized carbons (Fsp3) is 0.211. The number of ether oxygens (including phenoxy) is 1. The van der Waals surface area contributed by atoms with Crippen LogP contribution in [0.4, 0.5) is 0 Å². The summed E-state index contributed by atoms with van der Waals surface area (Å²) in [5, 5.41) is 4.36. The summed E-state index contributed by atoms with van der Waals surface area (Å²) >= 11 is 0. The van der Waals surface area contributed by atoms with Crippen molar-refractivity contribution in [1.82, 2.24) is 19.5 Å². The maximum atomic E-state index is 12.3. The molecule has 6 nitrogen and oxygen atoms in total. The number of carbonyl (C=O) groups is 1. The molecule has 0 radical (unpaired) electrons. The number of amides is 1. The zero-order valence-corrected chi connectivity index (χ0v) is 14.3. The average Bonchev–Trinajstić information content (AvgIpc) is 3.03. The van der Waals surface area contributed by atoms with Gasteiger partial charge in [-0.2, -0.15) is 5.10 Å². The summed E-state index contributed by atoms with van der Waals surface area (Å²) in [5.74, 6) is -0.0954. The predicted octanol–water partition coefficient (Wildman–Crippen LogP) is 2.51. The number of benzene rings is 1. The molecule has 128 valence electrons. The molecule has 0 bridgehead atoms. The minimum atomic E-state index is -0.0954. The largest absolute Gasteiger partial charge is 0.383 e. The number of carbonyl (C=O) groups excluding carboxylic acids is 1. The number of aromatic nitrogens is 3. The van der Waals surface area contributed by atoms with Crippen molar-refractivity contribution in [1.29, 1.82) is 0 Å². The van der Waals surface area contributed by atoms with E-state index in [1.165, 1.54) is 0 Å². The van der Waals surface area contributed by atoms with Gasteiger partial charge in [-0.25, -0.2) is 9.50 Å². The zero-order valence-electron chi connectivity index (χ0n) is 14.3. The van der Waals surface area contributed by atoms with Crippen LogP contribution in [0.3, 0.4) is 0 Å². The highest BCUT2D eigenvalue weighted by molar-refractivity contribution is 5.92. The summed E-state index contributed by atoms with van der Waals surface area (Å²) in [5.41, 5.74) is 3.28. The third-order valence-corrected chi connectivity index (χ3v) is 3.87. The Hall–Kier alpha value is -2.99. The molecule has 0 spiro atoms. The number of likely N-dealkylation sites (N-methyl/N-ethyl adjacent to an activating group) is 1. The van der Waals surface area contributed by atoms with E-state index in [4.69, 9.17) is 4.74 Å². The molecule has 1 amide bonds. The molecular weight excluding hydrogens is 316 g/mol. The molecule has 6 heteroatoms. The van der Waals surface area contributed by atoms with E-state index in [1.54, 1.807) is 41.9 Å². The second-order valence-corrected chi connectivity index (χ2v) is 5.59. The second-order valence-electron chi connectivity index (χ2n) is 5.59. The third kappa shape index (κ3) is 3.75. The first kappa shape index (κ1) is 16.9. The van der Waals surface area contributed by atoms with E-state index in [2.05, 4.69) is 10.1 Å². The number of imidazole rings is 1. The minimum absolute atomic E-state index is 0.0954. The lowest BCUT2D eigenvalue weighted by Gasteiger charge is -2.13. The van der Waals surface area contributed by atoms with Crippen LogP contribution >= 0.6 is 0 Å². The van der Waals surface area contributed by atoms with Crippen LogP contribution in [0.5, 0.6) is 0 Å². The van der Waals surface area contributed by atoms with Gasteiger partial charge in [-0.1, -0.05) is 30.3 Å². The number of fused-ring (bicyclic) bond motifs is 1. The minimum Gasteiger partial charge on any atom is -0.383 e. The fourth-order valence-corrected chi connectivity index (χ4v) is 2.48. The fourth-order valence-electron chi connectivity index (χ4n) is 2.48. The maximum Gasteiger partial charge on any atom is 0.246 e. The molecule has 25 heavy (non-hydrogen) atoms. The quantitative estimate of drug-likeness (QED) is 0.649. The molecule has 3 rings (SSSR count). The molecule has 0 aliphatic rings. The molecule has 0 unspecified atom stereocenters. The van der Waals surface area contributed by atoms with E-state index >= 15 is 0 Å². The Bertz CT molecular complexity index is 887. The van der Waals surface area contributed by atoms with Crippen molar-refractivity contribution < 1.29 is 9.53 Å². The van der Waals surface area contributed by atoms with E-state index < -0.39 is 0 Å². The van der Waals surface area contributed by atoms with Gasteiger partial charge in [0.2, 0.25) is 5.91 Å². The number of rotatable bonds is 6. The Balaban J connectivity index is 1.97. The average molecular weight is 336 g/mol. The molecule has 0 saturated heterocycles. The molecule has 2 aromatic heterocycles. The molecule has 0 atom stereocenters. The molecule has 0 aliphatic carbocycles. The predicted molar refractivity (Wildman–Crippen MR) is 97.0 cm³/mol. The van der Waals surface area contributed by atoms with Gasteiger partial charge >= 0.3 is 0 Å². The van der Waals surface area contributed by atoms with Crippen LogP contribution in [0.2, 0.25) is 0 Å². The van der Waals surface area contributed by atoms with Crippen LogP contribution in [-0.2, 0) is 9.53 Å². The van der Waals surface area contributed by atoms with Crippen LogP contribution in [-0.4, -0.2) is 52.7 Å². The van der Waals surface area contributed by atoms with Gasteiger partial charge in [0.05, 0.1) is 18.0 Å². The zero-order chi connectivity index (χ0) is 17.6. The highest BCUT2D eigenvalue weighted by Gasteiger charge is 2.13. The lowest BCUT2D eigenvalue weighted by Crippen LogP contribution is -2.28. The van der Waals surface area contributed by atoms with Gasteiger partial charge in [-0.15, -0.1) is 0 Å². The first-order valence-corrected chi connectivity index (χ1v) is 8.02. The van der Waals surface area contributed by atoms with E-state index in [1.807, 2.05) is 42.5 Å². The third-order valence-electron chi connectivity index (χ3n) is 3.87. The lowest BCUT2D eigenvalue weighted by molar-refractivity contribution is -0.125. The molecule has 0 N–H and O–H groups in total. The molecular formula is C19H20N4O2. The topological polar surface area (TPSA) is 59.7 Å². The van der Waals surface area contributed by atoms with Gasteiger partial charge in [0.15, 0.2) is 5.65 Å². The van der Waals surface area contributed by atoms with Crippen molar-refractivity contribution in [2.24, 2.45) is 0 Å². The Kier molecular flexibility index (Phi) is 5.20. The van der Waals surface area contributed by atoms with Gasteiger partial charge in [0.25, 0.3) is 0 Å². The van der Waals surface area contributed by atoms with E-state index in [0.29, 0.717) is 13.2 Å². The van der Waals surface area contributed by atoms with Crippen molar-refractivity contribution in [2.75, 3.05) is 27.3 Å². The molecule has 0 aliphatic heterocycles. The normalized spacial score (nSPS) is 11.3. The van der Waals surface area contributed by atoms with Crippen LogP contribution in [0, 0.1) is 0 Å². The Labute approximate surface area is 146 Å². The summed E-state index contributed by atoms with van der Waals surface area (Å²) < 4.78 is 6.74. The summed E-state index contributed by atoms with van der Waals surface area (Å²) in [7, 11) is 3.36. The number of nitrogens with zero attached hydrogens (tertiary/aromatic N) is 4. The van der Waals surface area contributed by atoms with Crippen molar-refractivity contribution in [2.45, 2.75) is 0 Å².